The number of hydrogen-bond acceptors (Lipinski definition) is 13. The summed E-state index contributed by atoms with van der Waals surface area (Å²) in [5.74, 6) is -3.87. The van der Waals surface area contributed by atoms with Crippen LogP contribution in [0.3, 0.4) is 0 Å². The minimum Gasteiger partial charge on any atom is -0.467 e. The number of hydrogen-bond donors (Lipinski definition) is 0. The molecule has 3 aromatic carbocycles. The number of methoxy groups -OCH3 is 1. The van der Waals surface area contributed by atoms with E-state index in [1.807, 2.05) is 0 Å². The van der Waals surface area contributed by atoms with Crippen LogP contribution in [0.1, 0.15) is 44.9 Å². The predicted molar refractivity (Wildman–Crippen MR) is 160 cm³/mol. The fourth-order valence-electron chi connectivity index (χ4n) is 4.43. The average molecular weight is 657 g/mol. The van der Waals surface area contributed by atoms with Gasteiger partial charge < -0.3 is 23.7 Å². The first-order valence-corrected chi connectivity index (χ1v) is 15.7. The number of phosphoric ester groups is 1. The molecule has 0 aromatic heterocycles. The third-order valence-corrected chi connectivity index (χ3v) is 8.11. The SMILES string of the molecule is CCOP(=O)(OCC)O[C@@H]1O[C@H](C(=O)OC)[C@@H](OC(=O)c2ccccc2)[C@H](OC(=O)c2ccccc2)[C@H]1OC(=O)c1ccccc1. The zero-order valence-corrected chi connectivity index (χ0v) is 26.1. The van der Waals surface area contributed by atoms with Gasteiger partial charge in [0.15, 0.2) is 24.4 Å². The second-order valence-corrected chi connectivity index (χ2v) is 11.2. The molecule has 244 valence electrons. The van der Waals surface area contributed by atoms with Crippen molar-refractivity contribution in [1.82, 2.24) is 0 Å². The summed E-state index contributed by atoms with van der Waals surface area (Å²) in [4.78, 5) is 53.3. The first-order valence-electron chi connectivity index (χ1n) is 14.3. The maximum Gasteiger partial charge on any atom is 0.477 e. The van der Waals surface area contributed by atoms with Crippen LogP contribution in [0.15, 0.2) is 91.0 Å². The Bertz CT molecular complexity index is 1510. The van der Waals surface area contributed by atoms with Gasteiger partial charge in [0.25, 0.3) is 0 Å². The fourth-order valence-corrected chi connectivity index (χ4v) is 5.68. The molecule has 0 saturated carbocycles. The second-order valence-electron chi connectivity index (χ2n) is 9.54. The van der Waals surface area contributed by atoms with E-state index in [1.165, 1.54) is 50.2 Å². The van der Waals surface area contributed by atoms with Crippen molar-refractivity contribution in [3.8, 4) is 0 Å². The molecule has 4 rings (SSSR count). The van der Waals surface area contributed by atoms with Gasteiger partial charge in [0.2, 0.25) is 6.29 Å². The lowest BCUT2D eigenvalue weighted by Gasteiger charge is -2.43. The maximum atomic E-state index is 13.5. The minimum absolute atomic E-state index is 0.0802. The van der Waals surface area contributed by atoms with Gasteiger partial charge in [0.1, 0.15) is 0 Å². The van der Waals surface area contributed by atoms with Crippen molar-refractivity contribution in [2.45, 2.75) is 44.6 Å². The van der Waals surface area contributed by atoms with Gasteiger partial charge in [-0.3, -0.25) is 13.6 Å². The Morgan fingerprint density at radius 2 is 1.02 bits per heavy atom. The highest BCUT2D eigenvalue weighted by Gasteiger charge is 2.57. The molecule has 0 spiro atoms. The van der Waals surface area contributed by atoms with Crippen LogP contribution in [0.2, 0.25) is 0 Å². The molecule has 14 heteroatoms. The Balaban J connectivity index is 1.84. The normalized spacial score (nSPS) is 21.1. The van der Waals surface area contributed by atoms with E-state index < -0.39 is 62.4 Å². The van der Waals surface area contributed by atoms with E-state index >= 15 is 0 Å². The molecule has 13 nitrogen and oxygen atoms in total. The summed E-state index contributed by atoms with van der Waals surface area (Å²) in [6.45, 7) is 2.82. The van der Waals surface area contributed by atoms with Crippen LogP contribution >= 0.6 is 7.82 Å². The third-order valence-electron chi connectivity index (χ3n) is 6.49. The van der Waals surface area contributed by atoms with Crippen LogP contribution in [0, 0.1) is 0 Å². The van der Waals surface area contributed by atoms with Crippen LogP contribution in [-0.2, 0) is 46.6 Å². The monoisotopic (exact) mass is 656 g/mol. The highest BCUT2D eigenvalue weighted by Crippen LogP contribution is 2.52. The van der Waals surface area contributed by atoms with Crippen molar-refractivity contribution in [3.63, 3.8) is 0 Å². The molecule has 0 aliphatic carbocycles. The lowest BCUT2D eigenvalue weighted by atomic mass is 9.97. The van der Waals surface area contributed by atoms with Crippen molar-refractivity contribution in [1.29, 1.82) is 0 Å². The van der Waals surface area contributed by atoms with Crippen molar-refractivity contribution < 1.29 is 61.0 Å². The van der Waals surface area contributed by atoms with Crippen LogP contribution in [-0.4, -0.2) is 74.9 Å². The van der Waals surface area contributed by atoms with Gasteiger partial charge in [0.05, 0.1) is 37.0 Å². The van der Waals surface area contributed by atoms with Crippen molar-refractivity contribution in [2.75, 3.05) is 20.3 Å². The van der Waals surface area contributed by atoms with Crippen LogP contribution < -0.4 is 0 Å². The molecule has 5 atom stereocenters. The average Bonchev–Trinajstić information content (AvgIpc) is 3.07. The first kappa shape index (κ1) is 34.5. The number of esters is 4. The Kier molecular flexibility index (Phi) is 12.2. The van der Waals surface area contributed by atoms with E-state index in [2.05, 4.69) is 0 Å². The largest absolute Gasteiger partial charge is 0.477 e. The smallest absolute Gasteiger partial charge is 0.467 e. The van der Waals surface area contributed by atoms with Gasteiger partial charge in [-0.05, 0) is 50.2 Å². The molecular weight excluding hydrogens is 623 g/mol. The maximum absolute atomic E-state index is 13.5. The summed E-state index contributed by atoms with van der Waals surface area (Å²) in [5.41, 5.74) is 0.254. The van der Waals surface area contributed by atoms with Crippen LogP contribution in [0.4, 0.5) is 0 Å². The Hall–Kier alpha value is -4.39. The van der Waals surface area contributed by atoms with Crippen molar-refractivity contribution in [2.24, 2.45) is 0 Å². The van der Waals surface area contributed by atoms with Gasteiger partial charge in [-0.1, -0.05) is 54.6 Å². The van der Waals surface area contributed by atoms with E-state index in [0.717, 1.165) is 7.11 Å². The molecular formula is C32H33O13P. The summed E-state index contributed by atoms with van der Waals surface area (Å²) < 4.78 is 57.8. The Labute approximate surface area is 265 Å². The number of benzene rings is 3. The van der Waals surface area contributed by atoms with Gasteiger partial charge in [-0.2, -0.15) is 0 Å². The van der Waals surface area contributed by atoms with Crippen LogP contribution in [0.25, 0.3) is 0 Å². The summed E-state index contributed by atoms with van der Waals surface area (Å²) >= 11 is 0. The van der Waals surface area contributed by atoms with Crippen molar-refractivity contribution in [3.05, 3.63) is 108 Å². The molecule has 0 unspecified atom stereocenters. The fraction of sp³-hybridized carbons (Fsp3) is 0.312. The molecule has 1 fully saturated rings. The molecule has 1 aliphatic heterocycles. The highest BCUT2D eigenvalue weighted by molar-refractivity contribution is 7.48. The van der Waals surface area contributed by atoms with Gasteiger partial charge in [0, 0.05) is 0 Å². The lowest BCUT2D eigenvalue weighted by Crippen LogP contribution is -2.64. The van der Waals surface area contributed by atoms with E-state index in [0.29, 0.717) is 0 Å². The van der Waals surface area contributed by atoms with Crippen LogP contribution in [0.5, 0.6) is 0 Å². The van der Waals surface area contributed by atoms with Gasteiger partial charge in [-0.15, -0.1) is 0 Å². The first-order chi connectivity index (χ1) is 22.2. The molecule has 1 aliphatic rings. The number of carbonyl (C=O) groups excluding carboxylic acids is 4. The third kappa shape index (κ3) is 8.65. The summed E-state index contributed by atoms with van der Waals surface area (Å²) in [7, 11) is -3.39. The number of phosphoric acid groups is 1. The lowest BCUT2D eigenvalue weighted by molar-refractivity contribution is -0.274. The van der Waals surface area contributed by atoms with Crippen molar-refractivity contribution >= 4 is 31.7 Å². The zero-order chi connectivity index (χ0) is 33.1. The molecule has 1 saturated heterocycles. The topological polar surface area (TPSA) is 159 Å². The van der Waals surface area contributed by atoms with E-state index in [9.17, 15) is 23.7 Å². The number of rotatable bonds is 13. The summed E-state index contributed by atoms with van der Waals surface area (Å²) in [5, 5.41) is 0. The molecule has 0 amide bonds. The molecule has 0 radical (unpaired) electrons. The summed E-state index contributed by atoms with van der Waals surface area (Å²) in [6.07, 6.45) is -9.11. The van der Waals surface area contributed by atoms with Gasteiger partial charge in [-0.25, -0.2) is 23.7 Å². The molecule has 0 N–H and O–H groups in total. The summed E-state index contributed by atoms with van der Waals surface area (Å²) in [6, 6.07) is 23.3. The van der Waals surface area contributed by atoms with Gasteiger partial charge >= 0.3 is 31.7 Å². The molecule has 0 bridgehead atoms. The zero-order valence-electron chi connectivity index (χ0n) is 25.2. The van der Waals surface area contributed by atoms with E-state index in [-0.39, 0.29) is 29.9 Å². The second kappa shape index (κ2) is 16.3. The highest BCUT2D eigenvalue weighted by atomic mass is 31.2. The predicted octanol–water partition coefficient (Wildman–Crippen LogP) is 4.76. The standard InChI is InChI=1S/C32H33O13P/c1-4-39-46(37,40-5-2)45-32-27(43-30(35)23-19-13-8-14-20-23)25(42-29(34)22-17-11-7-12-18-22)24(26(44-32)31(36)38-3)41-28(33)21-15-9-6-10-16-21/h6-20,24-27,32H,4-5H2,1-3H3/t24-,25-,26-,27+,32-/m0/s1. The minimum atomic E-state index is -4.44. The Morgan fingerprint density at radius 1 is 0.630 bits per heavy atom. The molecule has 3 aromatic rings. The van der Waals surface area contributed by atoms with E-state index in [1.54, 1.807) is 54.6 Å². The molecule has 46 heavy (non-hydrogen) atoms. The number of ether oxygens (including phenoxy) is 5. The molecule has 1 heterocycles. The quantitative estimate of drug-likeness (QED) is 0.141. The number of carbonyl (C=O) groups is 4. The van der Waals surface area contributed by atoms with E-state index in [4.69, 9.17) is 37.3 Å². The Morgan fingerprint density at radius 3 is 1.41 bits per heavy atom.